The van der Waals surface area contributed by atoms with Crippen molar-refractivity contribution in [3.8, 4) is 0 Å². The van der Waals surface area contributed by atoms with Gasteiger partial charge in [0.15, 0.2) is 0 Å². The van der Waals surface area contributed by atoms with Crippen LogP contribution in [0.2, 0.25) is 0 Å². The summed E-state index contributed by atoms with van der Waals surface area (Å²) in [6.45, 7) is 0. The molecule has 78 valence electrons. The summed E-state index contributed by atoms with van der Waals surface area (Å²) in [4.78, 5) is 11.0. The zero-order chi connectivity index (χ0) is 11.1. The highest BCUT2D eigenvalue weighted by Crippen LogP contribution is 2.41. The molecule has 0 spiro atoms. The molecule has 0 aliphatic carbocycles. The van der Waals surface area contributed by atoms with Crippen molar-refractivity contribution in [1.82, 2.24) is 0 Å². The van der Waals surface area contributed by atoms with Gasteiger partial charge in [-0.2, -0.15) is 0 Å². The summed E-state index contributed by atoms with van der Waals surface area (Å²) in [6.07, 6.45) is 0. The number of benzene rings is 1. The van der Waals surface area contributed by atoms with Gasteiger partial charge in [0.05, 0.1) is 0 Å². The van der Waals surface area contributed by atoms with E-state index in [1.807, 2.05) is 0 Å². The van der Waals surface area contributed by atoms with Gasteiger partial charge in [-0.15, -0.1) is 0 Å². The standard InChI is InChI=1S/C10H5Cl3O2/c11-10(12,13)7-2-1-3-8-6(7)4-5-9(14)15-8/h1-5H. The van der Waals surface area contributed by atoms with E-state index in [1.54, 1.807) is 24.3 Å². The van der Waals surface area contributed by atoms with E-state index in [9.17, 15) is 4.79 Å². The van der Waals surface area contributed by atoms with Crippen LogP contribution in [0.25, 0.3) is 11.0 Å². The van der Waals surface area contributed by atoms with Crippen LogP contribution in [0.3, 0.4) is 0 Å². The van der Waals surface area contributed by atoms with E-state index in [0.717, 1.165) is 0 Å². The van der Waals surface area contributed by atoms with E-state index >= 15 is 0 Å². The summed E-state index contributed by atoms with van der Waals surface area (Å²) in [7, 11) is 0. The Balaban J connectivity index is 2.83. The van der Waals surface area contributed by atoms with Crippen LogP contribution >= 0.6 is 34.8 Å². The molecule has 0 saturated carbocycles. The minimum atomic E-state index is -1.53. The molecular formula is C10H5Cl3O2. The molecule has 1 aromatic carbocycles. The first-order valence-corrected chi connectivity index (χ1v) is 5.22. The average Bonchev–Trinajstić information content (AvgIpc) is 2.15. The fourth-order valence-electron chi connectivity index (χ4n) is 1.35. The zero-order valence-corrected chi connectivity index (χ0v) is 9.60. The van der Waals surface area contributed by atoms with E-state index in [0.29, 0.717) is 16.5 Å². The van der Waals surface area contributed by atoms with Crippen molar-refractivity contribution in [3.63, 3.8) is 0 Å². The Bertz CT molecular complexity index is 554. The van der Waals surface area contributed by atoms with Gasteiger partial charge < -0.3 is 4.42 Å². The van der Waals surface area contributed by atoms with Crippen molar-refractivity contribution in [2.45, 2.75) is 3.79 Å². The molecule has 2 nitrogen and oxygen atoms in total. The first kappa shape index (κ1) is 10.8. The predicted octanol–water partition coefficient (Wildman–Crippen LogP) is 3.62. The van der Waals surface area contributed by atoms with Crippen LogP contribution in [0.15, 0.2) is 39.5 Å². The van der Waals surface area contributed by atoms with E-state index in [4.69, 9.17) is 39.2 Å². The van der Waals surface area contributed by atoms with Crippen LogP contribution in [0, 0.1) is 0 Å². The molecule has 0 amide bonds. The van der Waals surface area contributed by atoms with E-state index in [1.165, 1.54) is 6.07 Å². The monoisotopic (exact) mass is 262 g/mol. The number of fused-ring (bicyclic) bond motifs is 1. The quantitative estimate of drug-likeness (QED) is 0.537. The first-order valence-electron chi connectivity index (χ1n) is 4.08. The summed E-state index contributed by atoms with van der Waals surface area (Å²) in [5.41, 5.74) is 0.476. The van der Waals surface area contributed by atoms with E-state index in [2.05, 4.69) is 0 Å². The Kier molecular flexibility index (Phi) is 2.67. The Morgan fingerprint density at radius 1 is 1.07 bits per heavy atom. The number of hydrogen-bond donors (Lipinski definition) is 0. The molecule has 0 N–H and O–H groups in total. The van der Waals surface area contributed by atoms with Gasteiger partial charge in [-0.3, -0.25) is 0 Å². The van der Waals surface area contributed by atoms with Crippen molar-refractivity contribution in [1.29, 1.82) is 0 Å². The SMILES string of the molecule is O=c1ccc2c(C(Cl)(Cl)Cl)cccc2o1. The molecule has 0 unspecified atom stereocenters. The fraction of sp³-hybridized carbons (Fsp3) is 0.100. The first-order chi connectivity index (χ1) is 6.98. The Morgan fingerprint density at radius 3 is 2.47 bits per heavy atom. The molecular weight excluding hydrogens is 258 g/mol. The van der Waals surface area contributed by atoms with Gasteiger partial charge in [-0.1, -0.05) is 46.9 Å². The average molecular weight is 264 g/mol. The topological polar surface area (TPSA) is 30.2 Å². The highest BCUT2D eigenvalue weighted by molar-refractivity contribution is 6.67. The van der Waals surface area contributed by atoms with Gasteiger partial charge in [0, 0.05) is 17.0 Å². The van der Waals surface area contributed by atoms with E-state index in [-0.39, 0.29) is 0 Å². The minimum Gasteiger partial charge on any atom is -0.423 e. The van der Waals surface area contributed by atoms with Gasteiger partial charge in [-0.25, -0.2) is 4.79 Å². The molecule has 0 atom stereocenters. The smallest absolute Gasteiger partial charge is 0.336 e. The molecule has 2 rings (SSSR count). The lowest BCUT2D eigenvalue weighted by molar-refractivity contribution is 0.560. The molecule has 0 saturated heterocycles. The summed E-state index contributed by atoms with van der Waals surface area (Å²) in [5, 5.41) is 0.622. The Morgan fingerprint density at radius 2 is 1.80 bits per heavy atom. The maximum atomic E-state index is 11.0. The van der Waals surface area contributed by atoms with Crippen LogP contribution in [0.1, 0.15) is 5.56 Å². The fourth-order valence-corrected chi connectivity index (χ4v) is 1.84. The third-order valence-corrected chi connectivity index (χ3v) is 2.58. The maximum Gasteiger partial charge on any atom is 0.336 e. The number of hydrogen-bond acceptors (Lipinski definition) is 2. The van der Waals surface area contributed by atoms with Crippen LogP contribution in [0.5, 0.6) is 0 Å². The molecule has 0 fully saturated rings. The number of alkyl halides is 3. The van der Waals surface area contributed by atoms with Gasteiger partial charge in [0.2, 0.25) is 3.79 Å². The Hall–Kier alpha value is -0.700. The molecule has 1 heterocycles. The lowest BCUT2D eigenvalue weighted by Crippen LogP contribution is -2.03. The molecule has 5 heteroatoms. The summed E-state index contributed by atoms with van der Waals surface area (Å²) < 4.78 is 3.44. The van der Waals surface area contributed by atoms with Gasteiger partial charge >= 0.3 is 5.63 Å². The summed E-state index contributed by atoms with van der Waals surface area (Å²) in [6, 6.07) is 7.87. The van der Waals surface area contributed by atoms with E-state index < -0.39 is 9.42 Å². The second kappa shape index (κ2) is 3.71. The van der Waals surface area contributed by atoms with Crippen molar-refractivity contribution < 1.29 is 4.42 Å². The van der Waals surface area contributed by atoms with Crippen molar-refractivity contribution in [3.05, 3.63) is 46.3 Å². The lowest BCUT2D eigenvalue weighted by atomic mass is 10.1. The molecule has 0 aliphatic rings. The van der Waals surface area contributed by atoms with Crippen LogP contribution < -0.4 is 5.63 Å². The van der Waals surface area contributed by atoms with Crippen molar-refractivity contribution >= 4 is 45.8 Å². The molecule has 15 heavy (non-hydrogen) atoms. The van der Waals surface area contributed by atoms with Gasteiger partial charge in [0.1, 0.15) is 5.58 Å². The highest BCUT2D eigenvalue weighted by Gasteiger charge is 2.25. The zero-order valence-electron chi connectivity index (χ0n) is 7.34. The Labute approximate surface area is 100 Å². The second-order valence-corrected chi connectivity index (χ2v) is 5.25. The lowest BCUT2D eigenvalue weighted by Gasteiger charge is -2.12. The number of rotatable bonds is 0. The predicted molar refractivity (Wildman–Crippen MR) is 61.7 cm³/mol. The number of halogens is 3. The molecule has 0 bridgehead atoms. The third-order valence-electron chi connectivity index (χ3n) is 1.97. The third kappa shape index (κ3) is 2.12. The maximum absolute atomic E-state index is 11.0. The van der Waals surface area contributed by atoms with Crippen LogP contribution in [-0.4, -0.2) is 0 Å². The second-order valence-electron chi connectivity index (χ2n) is 2.97. The van der Waals surface area contributed by atoms with Gasteiger partial charge in [0.25, 0.3) is 0 Å². The molecule has 0 radical (unpaired) electrons. The summed E-state index contributed by atoms with van der Waals surface area (Å²) in [5.74, 6) is 0. The van der Waals surface area contributed by atoms with Crippen LogP contribution in [0.4, 0.5) is 0 Å². The van der Waals surface area contributed by atoms with Crippen LogP contribution in [-0.2, 0) is 3.79 Å². The van der Waals surface area contributed by atoms with Gasteiger partial charge in [-0.05, 0) is 12.1 Å². The normalized spacial score (nSPS) is 11.9. The molecule has 0 aliphatic heterocycles. The molecule has 2 aromatic rings. The van der Waals surface area contributed by atoms with Crippen molar-refractivity contribution in [2.24, 2.45) is 0 Å². The van der Waals surface area contributed by atoms with Crippen molar-refractivity contribution in [2.75, 3.05) is 0 Å². The highest BCUT2D eigenvalue weighted by atomic mass is 35.6. The largest absolute Gasteiger partial charge is 0.423 e. The summed E-state index contributed by atoms with van der Waals surface area (Å²) >= 11 is 17.4. The minimum absolute atomic E-state index is 0.409. The molecule has 1 aromatic heterocycles.